The molecule has 0 fully saturated rings. The highest BCUT2D eigenvalue weighted by atomic mass is 16.4. The Bertz CT molecular complexity index is 453. The summed E-state index contributed by atoms with van der Waals surface area (Å²) in [6, 6.07) is 9.66. The molecular weight excluding hydrogens is 216 g/mol. The second kappa shape index (κ2) is 5.61. The minimum absolute atomic E-state index is 0.0597. The average molecular weight is 232 g/mol. The van der Waals surface area contributed by atoms with Crippen molar-refractivity contribution in [2.24, 2.45) is 0 Å². The molecule has 0 aliphatic rings. The molecule has 0 radical (unpaired) electrons. The molecular formula is C13H16N2O2. The van der Waals surface area contributed by atoms with Crippen LogP contribution in [0.15, 0.2) is 40.9 Å². The van der Waals surface area contributed by atoms with Crippen molar-refractivity contribution >= 4 is 0 Å². The first-order valence-electron chi connectivity index (χ1n) is 5.62. The van der Waals surface area contributed by atoms with Crippen LogP contribution in [0.2, 0.25) is 0 Å². The fraction of sp³-hybridized carbons (Fsp3) is 0.308. The maximum Gasteiger partial charge on any atom is 0.129 e. The summed E-state index contributed by atoms with van der Waals surface area (Å²) in [5.41, 5.74) is 1.00. The summed E-state index contributed by atoms with van der Waals surface area (Å²) in [7, 11) is 0. The molecule has 0 amide bonds. The number of rotatable bonds is 5. The van der Waals surface area contributed by atoms with Gasteiger partial charge in [0.1, 0.15) is 18.1 Å². The van der Waals surface area contributed by atoms with E-state index in [1.54, 1.807) is 12.3 Å². The van der Waals surface area contributed by atoms with Gasteiger partial charge in [-0.05, 0) is 31.2 Å². The van der Waals surface area contributed by atoms with Gasteiger partial charge in [-0.2, -0.15) is 0 Å². The molecule has 4 heteroatoms. The highest BCUT2D eigenvalue weighted by Crippen LogP contribution is 2.11. The monoisotopic (exact) mass is 232 g/mol. The smallest absolute Gasteiger partial charge is 0.129 e. The van der Waals surface area contributed by atoms with E-state index >= 15 is 0 Å². The quantitative estimate of drug-likeness (QED) is 0.828. The van der Waals surface area contributed by atoms with E-state index in [-0.39, 0.29) is 12.6 Å². The van der Waals surface area contributed by atoms with Gasteiger partial charge in [0.15, 0.2) is 0 Å². The molecule has 17 heavy (non-hydrogen) atoms. The lowest BCUT2D eigenvalue weighted by Crippen LogP contribution is -2.18. The number of pyridine rings is 1. The minimum Gasteiger partial charge on any atom is -0.462 e. The zero-order valence-corrected chi connectivity index (χ0v) is 9.76. The van der Waals surface area contributed by atoms with Crippen molar-refractivity contribution in [1.82, 2.24) is 10.3 Å². The van der Waals surface area contributed by atoms with E-state index in [0.717, 1.165) is 11.5 Å². The molecule has 4 nitrogen and oxygen atoms in total. The lowest BCUT2D eigenvalue weighted by Gasteiger charge is -2.11. The number of aliphatic hydroxyl groups excluding tert-OH is 1. The summed E-state index contributed by atoms with van der Waals surface area (Å²) in [6.07, 6.45) is 1.78. The number of nitrogens with one attached hydrogen (secondary N) is 1. The summed E-state index contributed by atoms with van der Waals surface area (Å²) in [5, 5.41) is 12.2. The Morgan fingerprint density at radius 3 is 2.76 bits per heavy atom. The lowest BCUT2D eigenvalue weighted by molar-refractivity contribution is 0.242. The molecule has 2 aromatic heterocycles. The predicted molar refractivity (Wildman–Crippen MR) is 64.1 cm³/mol. The van der Waals surface area contributed by atoms with E-state index in [0.29, 0.717) is 12.3 Å². The topological polar surface area (TPSA) is 58.3 Å². The number of furan rings is 1. The van der Waals surface area contributed by atoms with Crippen LogP contribution in [0.5, 0.6) is 0 Å². The molecule has 2 aromatic rings. The largest absolute Gasteiger partial charge is 0.462 e. The van der Waals surface area contributed by atoms with Gasteiger partial charge in [-0.25, -0.2) is 0 Å². The first-order valence-corrected chi connectivity index (χ1v) is 5.62. The first-order chi connectivity index (χ1) is 8.29. The standard InChI is InChI=1S/C13H16N2O2/c1-10(13-4-2-3-7-14-13)15-8-11-5-6-12(9-16)17-11/h2-7,10,15-16H,8-9H2,1H3/t10-/m1/s1. The minimum atomic E-state index is -0.0597. The van der Waals surface area contributed by atoms with Crippen molar-refractivity contribution in [2.75, 3.05) is 0 Å². The van der Waals surface area contributed by atoms with Crippen LogP contribution in [0.3, 0.4) is 0 Å². The van der Waals surface area contributed by atoms with Crippen molar-refractivity contribution in [3.8, 4) is 0 Å². The molecule has 0 saturated heterocycles. The van der Waals surface area contributed by atoms with Crippen LogP contribution in [-0.4, -0.2) is 10.1 Å². The summed E-state index contributed by atoms with van der Waals surface area (Å²) < 4.78 is 5.39. The molecule has 2 rings (SSSR count). The van der Waals surface area contributed by atoms with Gasteiger partial charge in [-0.1, -0.05) is 6.07 Å². The van der Waals surface area contributed by atoms with Crippen molar-refractivity contribution in [3.05, 3.63) is 53.7 Å². The van der Waals surface area contributed by atoms with Crippen LogP contribution < -0.4 is 5.32 Å². The van der Waals surface area contributed by atoms with Crippen molar-refractivity contribution < 1.29 is 9.52 Å². The molecule has 2 N–H and O–H groups in total. The molecule has 1 atom stereocenters. The molecule has 2 heterocycles. The van der Waals surface area contributed by atoms with Crippen molar-refractivity contribution in [1.29, 1.82) is 0 Å². The Kier molecular flexibility index (Phi) is 3.90. The van der Waals surface area contributed by atoms with Crippen LogP contribution in [0.4, 0.5) is 0 Å². The van der Waals surface area contributed by atoms with Gasteiger partial charge in [0, 0.05) is 12.2 Å². The highest BCUT2D eigenvalue weighted by molar-refractivity contribution is 5.09. The summed E-state index contributed by atoms with van der Waals surface area (Å²) in [4.78, 5) is 4.28. The Labute approximate surface area is 100 Å². The second-order valence-corrected chi connectivity index (χ2v) is 3.88. The molecule has 0 aliphatic heterocycles. The first kappa shape index (κ1) is 11.8. The number of aliphatic hydroxyl groups is 1. The van der Waals surface area contributed by atoms with E-state index in [9.17, 15) is 0 Å². The van der Waals surface area contributed by atoms with Gasteiger partial charge in [0.05, 0.1) is 12.2 Å². The van der Waals surface area contributed by atoms with Crippen LogP contribution >= 0.6 is 0 Å². The van der Waals surface area contributed by atoms with E-state index in [2.05, 4.69) is 17.2 Å². The average Bonchev–Trinajstić information content (AvgIpc) is 2.85. The number of nitrogens with zero attached hydrogens (tertiary/aromatic N) is 1. The molecule has 0 aliphatic carbocycles. The van der Waals surface area contributed by atoms with Gasteiger partial charge in [0.25, 0.3) is 0 Å². The molecule has 0 spiro atoms. The lowest BCUT2D eigenvalue weighted by atomic mass is 10.2. The number of hydrogen-bond acceptors (Lipinski definition) is 4. The molecule has 0 bridgehead atoms. The number of hydrogen-bond donors (Lipinski definition) is 2. The molecule has 90 valence electrons. The van der Waals surface area contributed by atoms with Gasteiger partial charge in [0.2, 0.25) is 0 Å². The maximum atomic E-state index is 8.88. The molecule has 0 saturated carbocycles. The SMILES string of the molecule is C[C@@H](NCc1ccc(CO)o1)c1ccccn1. The normalized spacial score (nSPS) is 12.6. The van der Waals surface area contributed by atoms with Crippen LogP contribution in [0, 0.1) is 0 Å². The van der Waals surface area contributed by atoms with Crippen LogP contribution in [-0.2, 0) is 13.2 Å². The van der Waals surface area contributed by atoms with Gasteiger partial charge < -0.3 is 14.8 Å². The number of aromatic nitrogens is 1. The van der Waals surface area contributed by atoms with Gasteiger partial charge in [-0.3, -0.25) is 4.98 Å². The summed E-state index contributed by atoms with van der Waals surface area (Å²) >= 11 is 0. The fourth-order valence-corrected chi connectivity index (χ4v) is 1.59. The maximum absolute atomic E-state index is 8.88. The summed E-state index contributed by atoms with van der Waals surface area (Å²) in [5.74, 6) is 1.41. The Morgan fingerprint density at radius 1 is 1.29 bits per heavy atom. The Morgan fingerprint density at radius 2 is 2.12 bits per heavy atom. The van der Waals surface area contributed by atoms with Crippen LogP contribution in [0.1, 0.15) is 30.2 Å². The Balaban J connectivity index is 1.90. The molecule has 0 aromatic carbocycles. The molecule has 0 unspecified atom stereocenters. The zero-order valence-electron chi connectivity index (χ0n) is 9.76. The van der Waals surface area contributed by atoms with E-state index in [1.165, 1.54) is 0 Å². The fourth-order valence-electron chi connectivity index (χ4n) is 1.59. The zero-order chi connectivity index (χ0) is 12.1. The van der Waals surface area contributed by atoms with Crippen LogP contribution in [0.25, 0.3) is 0 Å². The Hall–Kier alpha value is -1.65. The third kappa shape index (κ3) is 3.15. The van der Waals surface area contributed by atoms with E-state index in [4.69, 9.17) is 9.52 Å². The summed E-state index contributed by atoms with van der Waals surface area (Å²) in [6.45, 7) is 2.62. The second-order valence-electron chi connectivity index (χ2n) is 3.88. The third-order valence-electron chi connectivity index (χ3n) is 2.59. The van der Waals surface area contributed by atoms with Gasteiger partial charge >= 0.3 is 0 Å². The van der Waals surface area contributed by atoms with Crippen molar-refractivity contribution in [3.63, 3.8) is 0 Å². The van der Waals surface area contributed by atoms with Gasteiger partial charge in [-0.15, -0.1) is 0 Å². The highest BCUT2D eigenvalue weighted by Gasteiger charge is 2.07. The van der Waals surface area contributed by atoms with E-state index in [1.807, 2.05) is 24.3 Å². The third-order valence-corrected chi connectivity index (χ3v) is 2.59. The van der Waals surface area contributed by atoms with Crippen molar-refractivity contribution in [2.45, 2.75) is 26.1 Å². The van der Waals surface area contributed by atoms with E-state index < -0.39 is 0 Å². The predicted octanol–water partition coefficient (Wildman–Crippen LogP) is 2.02.